The molecule has 0 atom stereocenters. The summed E-state index contributed by atoms with van der Waals surface area (Å²) in [6.45, 7) is 3.42. The molecule has 0 amide bonds. The topological polar surface area (TPSA) is 62.9 Å². The smallest absolute Gasteiger partial charge is 0.204 e. The molecule has 0 aliphatic carbocycles. The van der Waals surface area contributed by atoms with Gasteiger partial charge in [-0.25, -0.2) is 4.98 Å². The van der Waals surface area contributed by atoms with E-state index in [1.165, 1.54) is 0 Å². The maximum Gasteiger partial charge on any atom is 0.204 e. The Morgan fingerprint density at radius 2 is 2.24 bits per heavy atom. The van der Waals surface area contributed by atoms with Gasteiger partial charge in [0.1, 0.15) is 11.8 Å². The summed E-state index contributed by atoms with van der Waals surface area (Å²) in [6.07, 6.45) is 3.02. The summed E-state index contributed by atoms with van der Waals surface area (Å²) in [5.74, 6) is 1.26. The molecule has 17 heavy (non-hydrogen) atoms. The van der Waals surface area contributed by atoms with Crippen LogP contribution in [0, 0.1) is 11.3 Å². The van der Waals surface area contributed by atoms with Crippen LogP contribution in [0.25, 0.3) is 0 Å². The molecule has 5 nitrogen and oxygen atoms in total. The van der Waals surface area contributed by atoms with Crippen molar-refractivity contribution < 1.29 is 4.74 Å². The SMILES string of the molecule is N#Cc1c(C2CCOCC2)nc2n1CCCN2. The highest BCUT2D eigenvalue weighted by atomic mass is 16.5. The molecule has 2 aliphatic rings. The van der Waals surface area contributed by atoms with E-state index >= 15 is 0 Å². The molecule has 1 fully saturated rings. The third-order valence-corrected chi connectivity index (χ3v) is 3.55. The van der Waals surface area contributed by atoms with Gasteiger partial charge in [0.25, 0.3) is 0 Å². The lowest BCUT2D eigenvalue weighted by atomic mass is 9.95. The minimum atomic E-state index is 0.387. The third kappa shape index (κ3) is 1.79. The number of aromatic nitrogens is 2. The number of anilines is 1. The molecule has 90 valence electrons. The van der Waals surface area contributed by atoms with E-state index in [-0.39, 0.29) is 0 Å². The third-order valence-electron chi connectivity index (χ3n) is 3.55. The average Bonchev–Trinajstić information content (AvgIpc) is 2.78. The summed E-state index contributed by atoms with van der Waals surface area (Å²) in [5, 5.41) is 12.6. The van der Waals surface area contributed by atoms with Crippen LogP contribution in [0.4, 0.5) is 5.95 Å². The van der Waals surface area contributed by atoms with Crippen molar-refractivity contribution in [1.29, 1.82) is 5.26 Å². The lowest BCUT2D eigenvalue weighted by Gasteiger charge is -2.20. The Morgan fingerprint density at radius 3 is 3.00 bits per heavy atom. The Kier molecular flexibility index (Phi) is 2.73. The molecular weight excluding hydrogens is 216 g/mol. The number of rotatable bonds is 1. The minimum absolute atomic E-state index is 0.387. The molecule has 0 unspecified atom stereocenters. The van der Waals surface area contributed by atoms with E-state index in [0.29, 0.717) is 5.92 Å². The molecule has 5 heteroatoms. The van der Waals surface area contributed by atoms with Crippen molar-refractivity contribution in [3.8, 4) is 6.07 Å². The summed E-state index contributed by atoms with van der Waals surface area (Å²) in [6, 6.07) is 2.32. The van der Waals surface area contributed by atoms with Crippen molar-refractivity contribution in [1.82, 2.24) is 9.55 Å². The van der Waals surface area contributed by atoms with Gasteiger partial charge in [-0.2, -0.15) is 5.26 Å². The number of nitrogens with one attached hydrogen (secondary N) is 1. The van der Waals surface area contributed by atoms with Gasteiger partial charge in [0, 0.05) is 32.2 Å². The van der Waals surface area contributed by atoms with Crippen LogP contribution in [0.15, 0.2) is 0 Å². The minimum Gasteiger partial charge on any atom is -0.381 e. The van der Waals surface area contributed by atoms with Crippen molar-refractivity contribution in [2.75, 3.05) is 25.1 Å². The number of hydrogen-bond donors (Lipinski definition) is 1. The summed E-state index contributed by atoms with van der Waals surface area (Å²) in [5.41, 5.74) is 1.72. The molecule has 1 aromatic heterocycles. The number of imidazole rings is 1. The van der Waals surface area contributed by atoms with Gasteiger partial charge in [-0.3, -0.25) is 0 Å². The number of nitriles is 1. The van der Waals surface area contributed by atoms with Crippen LogP contribution in [0.1, 0.15) is 36.6 Å². The summed E-state index contributed by atoms with van der Waals surface area (Å²) >= 11 is 0. The maximum atomic E-state index is 9.32. The Labute approximate surface area is 100 Å². The second-order valence-corrected chi connectivity index (χ2v) is 4.60. The summed E-state index contributed by atoms with van der Waals surface area (Å²) < 4.78 is 7.39. The average molecular weight is 232 g/mol. The zero-order chi connectivity index (χ0) is 11.7. The Bertz CT molecular complexity index is 454. The highest BCUT2D eigenvalue weighted by Gasteiger charge is 2.26. The van der Waals surface area contributed by atoms with Gasteiger partial charge in [0.05, 0.1) is 5.69 Å². The molecular formula is C12H16N4O. The molecule has 0 radical (unpaired) electrons. The van der Waals surface area contributed by atoms with E-state index < -0.39 is 0 Å². The predicted molar refractivity (Wildman–Crippen MR) is 62.8 cm³/mol. The maximum absolute atomic E-state index is 9.32. The highest BCUT2D eigenvalue weighted by molar-refractivity contribution is 5.43. The number of hydrogen-bond acceptors (Lipinski definition) is 4. The molecule has 1 aromatic rings. The molecule has 0 bridgehead atoms. The second kappa shape index (κ2) is 4.38. The van der Waals surface area contributed by atoms with Crippen LogP contribution < -0.4 is 5.32 Å². The van der Waals surface area contributed by atoms with Crippen LogP contribution in [0.3, 0.4) is 0 Å². The zero-order valence-corrected chi connectivity index (χ0v) is 9.78. The van der Waals surface area contributed by atoms with Gasteiger partial charge in [0.15, 0.2) is 0 Å². The van der Waals surface area contributed by atoms with E-state index in [1.807, 2.05) is 4.57 Å². The molecule has 1 N–H and O–H groups in total. The summed E-state index contributed by atoms with van der Waals surface area (Å²) in [4.78, 5) is 4.62. The fourth-order valence-electron chi connectivity index (χ4n) is 2.63. The van der Waals surface area contributed by atoms with Crippen LogP contribution in [-0.4, -0.2) is 29.3 Å². The van der Waals surface area contributed by atoms with Crippen molar-refractivity contribution in [2.45, 2.75) is 31.7 Å². The first kappa shape index (κ1) is 10.6. The Hall–Kier alpha value is -1.54. The first-order valence-electron chi connectivity index (χ1n) is 6.22. The van der Waals surface area contributed by atoms with Crippen molar-refractivity contribution in [3.63, 3.8) is 0 Å². The monoisotopic (exact) mass is 232 g/mol. The molecule has 3 rings (SSSR count). The van der Waals surface area contributed by atoms with E-state index in [9.17, 15) is 5.26 Å². The summed E-state index contributed by atoms with van der Waals surface area (Å²) in [7, 11) is 0. The van der Waals surface area contributed by atoms with E-state index in [2.05, 4.69) is 16.4 Å². The predicted octanol–water partition coefficient (Wildman–Crippen LogP) is 1.46. The second-order valence-electron chi connectivity index (χ2n) is 4.60. The van der Waals surface area contributed by atoms with Crippen LogP contribution in [0.2, 0.25) is 0 Å². The van der Waals surface area contributed by atoms with E-state index in [4.69, 9.17) is 4.74 Å². The van der Waals surface area contributed by atoms with E-state index in [1.54, 1.807) is 0 Å². The van der Waals surface area contributed by atoms with Gasteiger partial charge in [-0.15, -0.1) is 0 Å². The van der Waals surface area contributed by atoms with Gasteiger partial charge < -0.3 is 14.6 Å². The van der Waals surface area contributed by atoms with Gasteiger partial charge in [0.2, 0.25) is 5.95 Å². The molecule has 1 saturated heterocycles. The fraction of sp³-hybridized carbons (Fsp3) is 0.667. The van der Waals surface area contributed by atoms with Crippen molar-refractivity contribution in [2.24, 2.45) is 0 Å². The number of nitrogens with zero attached hydrogens (tertiary/aromatic N) is 3. The molecule has 0 saturated carbocycles. The Morgan fingerprint density at radius 1 is 1.41 bits per heavy atom. The van der Waals surface area contributed by atoms with Crippen molar-refractivity contribution in [3.05, 3.63) is 11.4 Å². The fourth-order valence-corrected chi connectivity index (χ4v) is 2.63. The molecule has 2 aliphatic heterocycles. The van der Waals surface area contributed by atoms with Crippen LogP contribution in [-0.2, 0) is 11.3 Å². The van der Waals surface area contributed by atoms with Gasteiger partial charge in [-0.05, 0) is 19.3 Å². The van der Waals surface area contributed by atoms with Gasteiger partial charge in [-0.1, -0.05) is 0 Å². The van der Waals surface area contributed by atoms with E-state index in [0.717, 1.165) is 62.9 Å². The quantitative estimate of drug-likeness (QED) is 0.796. The lowest BCUT2D eigenvalue weighted by Crippen LogP contribution is -2.18. The lowest BCUT2D eigenvalue weighted by molar-refractivity contribution is 0.0845. The Balaban J connectivity index is 1.98. The first-order valence-corrected chi connectivity index (χ1v) is 6.22. The highest BCUT2D eigenvalue weighted by Crippen LogP contribution is 2.31. The zero-order valence-electron chi connectivity index (χ0n) is 9.78. The number of ether oxygens (including phenoxy) is 1. The van der Waals surface area contributed by atoms with Gasteiger partial charge >= 0.3 is 0 Å². The first-order chi connectivity index (χ1) is 8.40. The molecule has 0 spiro atoms. The normalized spacial score (nSPS) is 20.4. The largest absolute Gasteiger partial charge is 0.381 e. The standard InChI is InChI=1S/C12H16N4O/c13-8-10-11(9-2-6-17-7-3-9)15-12-14-4-1-5-16(10)12/h9H,1-7H2,(H,14,15). The van der Waals surface area contributed by atoms with Crippen LogP contribution in [0.5, 0.6) is 0 Å². The molecule has 0 aromatic carbocycles. The number of fused-ring (bicyclic) bond motifs is 1. The van der Waals surface area contributed by atoms with Crippen LogP contribution >= 0.6 is 0 Å². The van der Waals surface area contributed by atoms with Crippen molar-refractivity contribution >= 4 is 5.95 Å². The molecule has 3 heterocycles.